The summed E-state index contributed by atoms with van der Waals surface area (Å²) < 4.78 is 5.27. The molecule has 0 radical (unpaired) electrons. The van der Waals surface area contributed by atoms with Crippen molar-refractivity contribution in [3.8, 4) is 5.75 Å². The molecule has 10 heteroatoms. The molecule has 1 heterocycles. The standard InChI is InChI=1S/C24H24N2O8/c1-34-18-7-5-6-16(14-18)21-20(22(29)15-9-11-17(12-10-15)26(32)33)23(30)24(31)25(21)13-4-2-3-8-19(27)28/h5-7,9-12,14,21,29H,2-4,8,13H2,1H3,(H,27,28)/b22-20-. The predicted molar refractivity (Wildman–Crippen MR) is 121 cm³/mol. The Hall–Kier alpha value is -4.21. The van der Waals surface area contributed by atoms with E-state index in [-0.39, 0.29) is 29.8 Å². The number of likely N-dealkylation sites (tertiary alicyclic amines) is 1. The number of aliphatic hydroxyl groups is 1. The van der Waals surface area contributed by atoms with Crippen LogP contribution >= 0.6 is 0 Å². The molecule has 2 aromatic carbocycles. The molecule has 0 saturated carbocycles. The van der Waals surface area contributed by atoms with Gasteiger partial charge in [0.25, 0.3) is 17.4 Å². The third kappa shape index (κ3) is 5.22. The van der Waals surface area contributed by atoms with Crippen LogP contribution in [0.1, 0.15) is 42.9 Å². The Bertz CT molecular complexity index is 1140. The molecule has 34 heavy (non-hydrogen) atoms. The highest BCUT2D eigenvalue weighted by atomic mass is 16.6. The third-order valence-corrected chi connectivity index (χ3v) is 5.59. The normalized spacial score (nSPS) is 17.1. The van der Waals surface area contributed by atoms with E-state index in [0.29, 0.717) is 30.6 Å². The molecule has 1 aliphatic heterocycles. The van der Waals surface area contributed by atoms with E-state index in [1.807, 2.05) is 0 Å². The van der Waals surface area contributed by atoms with E-state index in [1.165, 1.54) is 36.3 Å². The molecule has 0 aliphatic carbocycles. The number of methoxy groups -OCH3 is 1. The number of hydrogen-bond donors (Lipinski definition) is 2. The van der Waals surface area contributed by atoms with Crippen LogP contribution in [-0.2, 0) is 14.4 Å². The molecule has 1 unspecified atom stereocenters. The van der Waals surface area contributed by atoms with Gasteiger partial charge in [0.2, 0.25) is 0 Å². The molecule has 1 amide bonds. The van der Waals surface area contributed by atoms with Crippen molar-refractivity contribution in [1.29, 1.82) is 0 Å². The molecule has 1 fully saturated rings. The number of nitro benzene ring substituents is 1. The minimum Gasteiger partial charge on any atom is -0.507 e. The van der Waals surface area contributed by atoms with Gasteiger partial charge < -0.3 is 19.8 Å². The van der Waals surface area contributed by atoms with Gasteiger partial charge in [-0.25, -0.2) is 0 Å². The van der Waals surface area contributed by atoms with Crippen molar-refractivity contribution in [2.45, 2.75) is 31.7 Å². The Morgan fingerprint density at radius 1 is 1.09 bits per heavy atom. The number of unbranched alkanes of at least 4 members (excludes halogenated alkanes) is 2. The smallest absolute Gasteiger partial charge is 0.303 e. The first-order valence-electron chi connectivity index (χ1n) is 10.6. The highest BCUT2D eigenvalue weighted by Crippen LogP contribution is 2.40. The first kappa shape index (κ1) is 24.4. The van der Waals surface area contributed by atoms with Crippen molar-refractivity contribution in [2.24, 2.45) is 0 Å². The maximum Gasteiger partial charge on any atom is 0.303 e. The minimum absolute atomic E-state index is 0.0122. The molecule has 0 spiro atoms. The lowest BCUT2D eigenvalue weighted by molar-refractivity contribution is -0.384. The zero-order valence-electron chi connectivity index (χ0n) is 18.5. The van der Waals surface area contributed by atoms with Gasteiger partial charge in [-0.3, -0.25) is 24.5 Å². The van der Waals surface area contributed by atoms with Gasteiger partial charge in [-0.05, 0) is 42.7 Å². The average Bonchev–Trinajstić information content (AvgIpc) is 3.08. The molecule has 0 aromatic heterocycles. The van der Waals surface area contributed by atoms with Crippen LogP contribution in [-0.4, -0.2) is 51.4 Å². The highest BCUT2D eigenvalue weighted by Gasteiger charge is 2.45. The molecule has 2 N–H and O–H groups in total. The number of carbonyl (C=O) groups excluding carboxylic acids is 2. The van der Waals surface area contributed by atoms with E-state index in [4.69, 9.17) is 9.84 Å². The van der Waals surface area contributed by atoms with Crippen molar-refractivity contribution in [3.63, 3.8) is 0 Å². The van der Waals surface area contributed by atoms with Crippen LogP contribution in [0.5, 0.6) is 5.75 Å². The van der Waals surface area contributed by atoms with Crippen molar-refractivity contribution in [2.75, 3.05) is 13.7 Å². The molecule has 10 nitrogen and oxygen atoms in total. The fraction of sp³-hybridized carbons (Fsp3) is 0.292. The molecular formula is C24H24N2O8. The lowest BCUT2D eigenvalue weighted by atomic mass is 9.95. The number of aliphatic carboxylic acids is 1. The number of non-ortho nitro benzene ring substituents is 1. The molecule has 2 aromatic rings. The molecular weight excluding hydrogens is 444 g/mol. The van der Waals surface area contributed by atoms with Crippen molar-refractivity contribution >= 4 is 29.1 Å². The van der Waals surface area contributed by atoms with Crippen LogP contribution in [0.4, 0.5) is 5.69 Å². The SMILES string of the molecule is COc1cccc(C2/C(=C(/O)c3ccc([N+](=O)[O-])cc3)C(=O)C(=O)N2CCCCCC(=O)O)c1. The fourth-order valence-corrected chi connectivity index (χ4v) is 3.90. The van der Waals surface area contributed by atoms with E-state index < -0.39 is 34.4 Å². The van der Waals surface area contributed by atoms with Gasteiger partial charge in [0.1, 0.15) is 11.5 Å². The number of aliphatic hydroxyl groups excluding tert-OH is 1. The van der Waals surface area contributed by atoms with E-state index in [9.17, 15) is 29.6 Å². The molecule has 1 atom stereocenters. The average molecular weight is 468 g/mol. The van der Waals surface area contributed by atoms with Gasteiger partial charge in [-0.2, -0.15) is 0 Å². The molecule has 1 aliphatic rings. The molecule has 0 bridgehead atoms. The van der Waals surface area contributed by atoms with Gasteiger partial charge in [-0.15, -0.1) is 0 Å². The summed E-state index contributed by atoms with van der Waals surface area (Å²) in [5.74, 6) is -2.49. The number of nitrogens with zero attached hydrogens (tertiary/aromatic N) is 2. The van der Waals surface area contributed by atoms with Crippen LogP contribution in [0.15, 0.2) is 54.1 Å². The number of benzene rings is 2. The Morgan fingerprint density at radius 2 is 1.79 bits per heavy atom. The maximum atomic E-state index is 13.0. The summed E-state index contributed by atoms with van der Waals surface area (Å²) >= 11 is 0. The lowest BCUT2D eigenvalue weighted by Gasteiger charge is -2.25. The summed E-state index contributed by atoms with van der Waals surface area (Å²) in [6, 6.07) is 10.9. The molecule has 3 rings (SSSR count). The van der Waals surface area contributed by atoms with E-state index >= 15 is 0 Å². The second-order valence-electron chi connectivity index (χ2n) is 7.78. The second-order valence-corrected chi connectivity index (χ2v) is 7.78. The zero-order chi connectivity index (χ0) is 24.8. The van der Waals surface area contributed by atoms with E-state index in [2.05, 4.69) is 0 Å². The fourth-order valence-electron chi connectivity index (χ4n) is 3.90. The highest BCUT2D eigenvalue weighted by molar-refractivity contribution is 6.46. The number of carboxylic acids is 1. The Kier molecular flexibility index (Phi) is 7.62. The van der Waals surface area contributed by atoms with Gasteiger partial charge in [0.05, 0.1) is 23.6 Å². The van der Waals surface area contributed by atoms with Crippen LogP contribution < -0.4 is 4.74 Å². The number of hydrogen-bond acceptors (Lipinski definition) is 7. The summed E-state index contributed by atoms with van der Waals surface area (Å²) in [4.78, 5) is 48.4. The Morgan fingerprint density at radius 3 is 2.41 bits per heavy atom. The van der Waals surface area contributed by atoms with Gasteiger partial charge in [0.15, 0.2) is 0 Å². The summed E-state index contributed by atoms with van der Waals surface area (Å²) in [5.41, 5.74) is 0.408. The van der Waals surface area contributed by atoms with E-state index in [0.717, 1.165) is 0 Å². The number of amides is 1. The Balaban J connectivity index is 2.01. The second kappa shape index (κ2) is 10.6. The monoisotopic (exact) mass is 468 g/mol. The number of ketones is 1. The van der Waals surface area contributed by atoms with Crippen LogP contribution in [0.3, 0.4) is 0 Å². The first-order chi connectivity index (χ1) is 16.2. The first-order valence-corrected chi connectivity index (χ1v) is 10.6. The molecule has 178 valence electrons. The number of nitro groups is 1. The summed E-state index contributed by atoms with van der Waals surface area (Å²) in [6.07, 6.45) is 1.46. The predicted octanol–water partition coefficient (Wildman–Crippen LogP) is 3.67. The largest absolute Gasteiger partial charge is 0.507 e. The van der Waals surface area contributed by atoms with Crippen molar-refractivity contribution in [3.05, 3.63) is 75.3 Å². The van der Waals surface area contributed by atoms with Gasteiger partial charge in [-0.1, -0.05) is 18.6 Å². The summed E-state index contributed by atoms with van der Waals surface area (Å²) in [6.45, 7) is 0.184. The molecule has 1 saturated heterocycles. The zero-order valence-corrected chi connectivity index (χ0v) is 18.5. The quantitative estimate of drug-likeness (QED) is 0.134. The Labute approximate surface area is 195 Å². The van der Waals surface area contributed by atoms with Crippen molar-refractivity contribution in [1.82, 2.24) is 4.90 Å². The number of ether oxygens (including phenoxy) is 1. The van der Waals surface area contributed by atoms with Crippen LogP contribution in [0.25, 0.3) is 5.76 Å². The van der Waals surface area contributed by atoms with Crippen LogP contribution in [0, 0.1) is 10.1 Å². The van der Waals surface area contributed by atoms with Gasteiger partial charge in [0, 0.05) is 30.7 Å². The summed E-state index contributed by atoms with van der Waals surface area (Å²) in [5, 5.41) is 30.7. The number of rotatable bonds is 10. The van der Waals surface area contributed by atoms with E-state index in [1.54, 1.807) is 24.3 Å². The topological polar surface area (TPSA) is 147 Å². The maximum absolute atomic E-state index is 13.0. The third-order valence-electron chi connectivity index (χ3n) is 5.59. The van der Waals surface area contributed by atoms with Gasteiger partial charge >= 0.3 is 5.97 Å². The number of carbonyl (C=O) groups is 3. The lowest BCUT2D eigenvalue weighted by Crippen LogP contribution is -2.30. The number of carboxylic acid groups (broad SMARTS) is 1. The number of Topliss-reactive ketones (excluding diaryl/α,β-unsaturated/α-hetero) is 1. The summed E-state index contributed by atoms with van der Waals surface area (Å²) in [7, 11) is 1.48. The minimum atomic E-state index is -0.903. The van der Waals surface area contributed by atoms with Crippen molar-refractivity contribution < 1.29 is 34.3 Å². The van der Waals surface area contributed by atoms with Crippen LogP contribution in [0.2, 0.25) is 0 Å².